The Hall–Kier alpha value is -0.930. The number of hydrogen-bond acceptors (Lipinski definition) is 2. The lowest BCUT2D eigenvalue weighted by molar-refractivity contribution is 0.188. The summed E-state index contributed by atoms with van der Waals surface area (Å²) >= 11 is 0. The maximum absolute atomic E-state index is 13.5. The summed E-state index contributed by atoms with van der Waals surface area (Å²) in [6.45, 7) is 1.64. The van der Waals surface area contributed by atoms with Crippen LogP contribution in [-0.2, 0) is 11.2 Å². The monoisotopic (exact) mass is 221 g/mol. The van der Waals surface area contributed by atoms with Gasteiger partial charge in [-0.1, -0.05) is 12.1 Å². The van der Waals surface area contributed by atoms with Crippen LogP contribution in [0.1, 0.15) is 30.0 Å². The van der Waals surface area contributed by atoms with Gasteiger partial charge in [0, 0.05) is 18.7 Å². The van der Waals surface area contributed by atoms with Gasteiger partial charge in [-0.3, -0.25) is 0 Å². The molecule has 0 amide bonds. The highest BCUT2D eigenvalue weighted by atomic mass is 19.1. The van der Waals surface area contributed by atoms with Gasteiger partial charge < -0.3 is 10.1 Å². The van der Waals surface area contributed by atoms with E-state index in [4.69, 9.17) is 4.74 Å². The van der Waals surface area contributed by atoms with E-state index in [1.165, 1.54) is 0 Å². The van der Waals surface area contributed by atoms with Gasteiger partial charge in [-0.2, -0.15) is 0 Å². The molecule has 0 saturated carbocycles. The first-order valence-electron chi connectivity index (χ1n) is 5.95. The lowest BCUT2D eigenvalue weighted by atomic mass is 10.1. The van der Waals surface area contributed by atoms with Crippen LogP contribution in [0, 0.1) is 5.82 Å². The molecule has 1 N–H and O–H groups in total. The van der Waals surface area contributed by atoms with Crippen molar-refractivity contribution in [2.24, 2.45) is 0 Å². The molecule has 1 aliphatic heterocycles. The average molecular weight is 221 g/mol. The SMILES string of the molecule is Fc1cccc2c1CCC2NC1CCOC1. The molecule has 2 unspecified atom stereocenters. The molecule has 1 aromatic rings. The molecule has 2 atom stereocenters. The number of benzene rings is 1. The van der Waals surface area contributed by atoms with Crippen LogP contribution in [-0.4, -0.2) is 19.3 Å². The molecule has 1 aromatic carbocycles. The summed E-state index contributed by atoms with van der Waals surface area (Å²) in [7, 11) is 0. The van der Waals surface area contributed by atoms with E-state index in [2.05, 4.69) is 5.32 Å². The quantitative estimate of drug-likeness (QED) is 0.826. The van der Waals surface area contributed by atoms with Crippen LogP contribution in [0.2, 0.25) is 0 Å². The third-order valence-corrected chi connectivity index (χ3v) is 3.58. The Balaban J connectivity index is 1.78. The van der Waals surface area contributed by atoms with Crippen LogP contribution in [0.4, 0.5) is 4.39 Å². The van der Waals surface area contributed by atoms with E-state index < -0.39 is 0 Å². The molecule has 2 nitrogen and oxygen atoms in total. The van der Waals surface area contributed by atoms with Crippen LogP contribution in [0.25, 0.3) is 0 Å². The molecular weight excluding hydrogens is 205 g/mol. The molecule has 1 saturated heterocycles. The fourth-order valence-corrected chi connectivity index (χ4v) is 2.73. The Labute approximate surface area is 94.8 Å². The van der Waals surface area contributed by atoms with E-state index in [1.807, 2.05) is 6.07 Å². The van der Waals surface area contributed by atoms with Crippen molar-refractivity contribution >= 4 is 0 Å². The highest BCUT2D eigenvalue weighted by molar-refractivity contribution is 5.35. The second-order valence-electron chi connectivity index (χ2n) is 4.63. The number of hydrogen-bond donors (Lipinski definition) is 1. The summed E-state index contributed by atoms with van der Waals surface area (Å²) in [6, 6.07) is 6.16. The molecule has 0 bridgehead atoms. The minimum absolute atomic E-state index is 0.0514. The average Bonchev–Trinajstić information content (AvgIpc) is 2.90. The van der Waals surface area contributed by atoms with Crippen LogP contribution in [0.5, 0.6) is 0 Å². The fourth-order valence-electron chi connectivity index (χ4n) is 2.73. The maximum atomic E-state index is 13.5. The predicted octanol–water partition coefficient (Wildman–Crippen LogP) is 2.19. The molecule has 3 heteroatoms. The Bertz CT molecular complexity index is 388. The van der Waals surface area contributed by atoms with Crippen LogP contribution < -0.4 is 5.32 Å². The molecule has 86 valence electrons. The number of halogens is 1. The summed E-state index contributed by atoms with van der Waals surface area (Å²) in [5, 5.41) is 3.57. The van der Waals surface area contributed by atoms with Crippen molar-refractivity contribution in [1.82, 2.24) is 5.32 Å². The predicted molar refractivity (Wildman–Crippen MR) is 59.8 cm³/mol. The first-order valence-corrected chi connectivity index (χ1v) is 5.95. The van der Waals surface area contributed by atoms with Gasteiger partial charge >= 0.3 is 0 Å². The normalized spacial score (nSPS) is 28.3. The molecule has 1 fully saturated rings. The van der Waals surface area contributed by atoms with E-state index in [1.54, 1.807) is 12.1 Å². The molecule has 0 spiro atoms. The minimum Gasteiger partial charge on any atom is -0.380 e. The van der Waals surface area contributed by atoms with Gasteiger partial charge in [-0.05, 0) is 36.5 Å². The second kappa shape index (κ2) is 4.15. The van der Waals surface area contributed by atoms with Crippen LogP contribution in [0.3, 0.4) is 0 Å². The lowest BCUT2D eigenvalue weighted by Gasteiger charge is -2.18. The molecule has 16 heavy (non-hydrogen) atoms. The van der Waals surface area contributed by atoms with E-state index in [0.717, 1.165) is 43.6 Å². The van der Waals surface area contributed by atoms with Crippen molar-refractivity contribution < 1.29 is 9.13 Å². The molecule has 3 rings (SSSR count). The molecule has 0 radical (unpaired) electrons. The van der Waals surface area contributed by atoms with E-state index in [0.29, 0.717) is 12.1 Å². The topological polar surface area (TPSA) is 21.3 Å². The van der Waals surface area contributed by atoms with Crippen molar-refractivity contribution in [1.29, 1.82) is 0 Å². The highest BCUT2D eigenvalue weighted by Crippen LogP contribution is 2.33. The number of nitrogens with one attached hydrogen (secondary N) is 1. The van der Waals surface area contributed by atoms with Gasteiger partial charge in [-0.15, -0.1) is 0 Å². The first-order chi connectivity index (χ1) is 7.84. The molecule has 0 aromatic heterocycles. The van der Waals surface area contributed by atoms with Crippen LogP contribution >= 0.6 is 0 Å². The van der Waals surface area contributed by atoms with Crippen molar-refractivity contribution in [2.45, 2.75) is 31.3 Å². The Morgan fingerprint density at radius 3 is 3.06 bits per heavy atom. The summed E-state index contributed by atoms with van der Waals surface area (Å²) < 4.78 is 18.9. The van der Waals surface area contributed by atoms with Crippen LogP contribution in [0.15, 0.2) is 18.2 Å². The van der Waals surface area contributed by atoms with Gasteiger partial charge in [0.25, 0.3) is 0 Å². The lowest BCUT2D eigenvalue weighted by Crippen LogP contribution is -2.32. The maximum Gasteiger partial charge on any atom is 0.126 e. The van der Waals surface area contributed by atoms with Crippen molar-refractivity contribution in [3.63, 3.8) is 0 Å². The third kappa shape index (κ3) is 1.74. The molecule has 1 aliphatic carbocycles. The van der Waals surface area contributed by atoms with E-state index in [-0.39, 0.29) is 5.82 Å². The minimum atomic E-state index is -0.0514. The fraction of sp³-hybridized carbons (Fsp3) is 0.538. The van der Waals surface area contributed by atoms with E-state index >= 15 is 0 Å². The number of rotatable bonds is 2. The van der Waals surface area contributed by atoms with Crippen molar-refractivity contribution in [3.8, 4) is 0 Å². The summed E-state index contributed by atoms with van der Waals surface area (Å²) in [5.41, 5.74) is 2.05. The smallest absolute Gasteiger partial charge is 0.126 e. The summed E-state index contributed by atoms with van der Waals surface area (Å²) in [4.78, 5) is 0. The van der Waals surface area contributed by atoms with E-state index in [9.17, 15) is 4.39 Å². The zero-order valence-corrected chi connectivity index (χ0v) is 9.21. The van der Waals surface area contributed by atoms with Gasteiger partial charge in [0.2, 0.25) is 0 Å². The van der Waals surface area contributed by atoms with Crippen molar-refractivity contribution in [2.75, 3.05) is 13.2 Å². The summed E-state index contributed by atoms with van der Waals surface area (Å²) in [5.74, 6) is -0.0514. The first kappa shape index (κ1) is 10.2. The van der Waals surface area contributed by atoms with Gasteiger partial charge in [-0.25, -0.2) is 4.39 Å². The second-order valence-corrected chi connectivity index (χ2v) is 4.63. The van der Waals surface area contributed by atoms with Gasteiger partial charge in [0.1, 0.15) is 5.82 Å². The zero-order valence-electron chi connectivity index (χ0n) is 9.21. The molecule has 2 aliphatic rings. The largest absolute Gasteiger partial charge is 0.380 e. The van der Waals surface area contributed by atoms with Gasteiger partial charge in [0.15, 0.2) is 0 Å². The van der Waals surface area contributed by atoms with Crippen molar-refractivity contribution in [3.05, 3.63) is 35.1 Å². The molecule has 1 heterocycles. The van der Waals surface area contributed by atoms with Gasteiger partial charge in [0.05, 0.1) is 6.61 Å². The Morgan fingerprint density at radius 1 is 1.31 bits per heavy atom. The summed E-state index contributed by atoms with van der Waals surface area (Å²) in [6.07, 6.45) is 2.93. The standard InChI is InChI=1S/C13H16FNO/c14-12-3-1-2-11-10(12)4-5-13(11)15-9-6-7-16-8-9/h1-3,9,13,15H,4-8H2. The Kier molecular flexibility index (Phi) is 2.65. The molecular formula is C13H16FNO. The number of ether oxygens (including phenoxy) is 1. The number of fused-ring (bicyclic) bond motifs is 1. The zero-order chi connectivity index (χ0) is 11.0. The highest BCUT2D eigenvalue weighted by Gasteiger charge is 2.27. The Morgan fingerprint density at radius 2 is 2.25 bits per heavy atom. The third-order valence-electron chi connectivity index (χ3n) is 3.58.